The molecule has 0 aliphatic rings. The van der Waals surface area contributed by atoms with Gasteiger partial charge in [0.2, 0.25) is 0 Å². The zero-order valence-corrected chi connectivity index (χ0v) is 10.2. The van der Waals surface area contributed by atoms with Crippen molar-refractivity contribution >= 4 is 0 Å². The Labute approximate surface area is 102 Å². The highest BCUT2D eigenvalue weighted by molar-refractivity contribution is 5.16. The van der Waals surface area contributed by atoms with Crippen LogP contribution in [0.5, 0.6) is 0 Å². The molecular weight excluding hydrogens is 210 g/mol. The summed E-state index contributed by atoms with van der Waals surface area (Å²) in [6.07, 6.45) is 5.68. The molecule has 2 rings (SSSR count). The lowest BCUT2D eigenvalue weighted by atomic mass is 10.1. The third-order valence-electron chi connectivity index (χ3n) is 2.99. The molecule has 0 radical (unpaired) electrons. The molecule has 0 amide bonds. The van der Waals surface area contributed by atoms with Gasteiger partial charge in [-0.2, -0.15) is 0 Å². The number of imidazole rings is 1. The highest BCUT2D eigenvalue weighted by Gasteiger charge is 2.07. The molecule has 0 spiro atoms. The first-order valence-corrected chi connectivity index (χ1v) is 6.08. The Balaban J connectivity index is 2.09. The second-order valence-corrected chi connectivity index (χ2v) is 4.37. The SMILES string of the molecule is CCC(N)Cc1cncn1Cc1ccccc1. The molecule has 0 aliphatic carbocycles. The van der Waals surface area contributed by atoms with E-state index in [2.05, 4.69) is 40.7 Å². The average Bonchev–Trinajstić information content (AvgIpc) is 2.78. The second kappa shape index (κ2) is 5.64. The minimum Gasteiger partial charge on any atom is -0.330 e. The Bertz CT molecular complexity index is 448. The van der Waals surface area contributed by atoms with Gasteiger partial charge in [-0.05, 0) is 12.0 Å². The maximum absolute atomic E-state index is 5.99. The summed E-state index contributed by atoms with van der Waals surface area (Å²) >= 11 is 0. The number of nitrogens with zero attached hydrogens (tertiary/aromatic N) is 2. The number of nitrogens with two attached hydrogens (primary N) is 1. The molecule has 0 aliphatic heterocycles. The third kappa shape index (κ3) is 3.17. The van der Waals surface area contributed by atoms with E-state index in [1.807, 2.05) is 18.6 Å². The smallest absolute Gasteiger partial charge is 0.0951 e. The van der Waals surface area contributed by atoms with Crippen LogP contribution in [-0.2, 0) is 13.0 Å². The van der Waals surface area contributed by atoms with Gasteiger partial charge >= 0.3 is 0 Å². The fourth-order valence-electron chi connectivity index (χ4n) is 1.85. The Morgan fingerprint density at radius 1 is 1.29 bits per heavy atom. The number of rotatable bonds is 5. The first-order valence-electron chi connectivity index (χ1n) is 6.08. The molecule has 0 saturated heterocycles. The largest absolute Gasteiger partial charge is 0.330 e. The summed E-state index contributed by atoms with van der Waals surface area (Å²) < 4.78 is 2.17. The lowest BCUT2D eigenvalue weighted by Gasteiger charge is -2.11. The molecule has 1 heterocycles. The molecular formula is C14H19N3. The molecule has 0 bridgehead atoms. The number of aromatic nitrogens is 2. The average molecular weight is 229 g/mol. The molecule has 0 fully saturated rings. The summed E-state index contributed by atoms with van der Waals surface area (Å²) in [5.41, 5.74) is 8.49. The van der Waals surface area contributed by atoms with Crippen molar-refractivity contribution in [2.75, 3.05) is 0 Å². The van der Waals surface area contributed by atoms with Crippen molar-refractivity contribution in [3.8, 4) is 0 Å². The molecule has 17 heavy (non-hydrogen) atoms. The lowest BCUT2D eigenvalue weighted by molar-refractivity contribution is 0.610. The van der Waals surface area contributed by atoms with Crippen molar-refractivity contribution in [3.63, 3.8) is 0 Å². The quantitative estimate of drug-likeness (QED) is 0.854. The number of hydrogen-bond acceptors (Lipinski definition) is 2. The van der Waals surface area contributed by atoms with Crippen molar-refractivity contribution in [1.29, 1.82) is 0 Å². The van der Waals surface area contributed by atoms with Crippen LogP contribution in [0.4, 0.5) is 0 Å². The van der Waals surface area contributed by atoms with Gasteiger partial charge in [-0.15, -0.1) is 0 Å². The van der Waals surface area contributed by atoms with E-state index < -0.39 is 0 Å². The summed E-state index contributed by atoms with van der Waals surface area (Å²) in [4.78, 5) is 4.21. The van der Waals surface area contributed by atoms with E-state index in [9.17, 15) is 0 Å². The van der Waals surface area contributed by atoms with E-state index in [-0.39, 0.29) is 6.04 Å². The topological polar surface area (TPSA) is 43.8 Å². The minimum atomic E-state index is 0.223. The summed E-state index contributed by atoms with van der Waals surface area (Å²) in [7, 11) is 0. The highest BCUT2D eigenvalue weighted by Crippen LogP contribution is 2.08. The molecule has 1 aromatic heterocycles. The highest BCUT2D eigenvalue weighted by atomic mass is 15.0. The van der Waals surface area contributed by atoms with Crippen LogP contribution in [-0.4, -0.2) is 15.6 Å². The molecule has 3 nitrogen and oxygen atoms in total. The molecule has 1 atom stereocenters. The van der Waals surface area contributed by atoms with Crippen LogP contribution in [0.25, 0.3) is 0 Å². The number of benzene rings is 1. The molecule has 2 N–H and O–H groups in total. The van der Waals surface area contributed by atoms with Gasteiger partial charge in [-0.1, -0.05) is 37.3 Å². The van der Waals surface area contributed by atoms with Gasteiger partial charge in [0, 0.05) is 30.9 Å². The van der Waals surface area contributed by atoms with E-state index in [0.29, 0.717) is 0 Å². The van der Waals surface area contributed by atoms with Gasteiger partial charge in [0.1, 0.15) is 0 Å². The lowest BCUT2D eigenvalue weighted by Crippen LogP contribution is -2.23. The second-order valence-electron chi connectivity index (χ2n) is 4.37. The Hall–Kier alpha value is -1.61. The van der Waals surface area contributed by atoms with Crippen molar-refractivity contribution in [2.24, 2.45) is 5.73 Å². The van der Waals surface area contributed by atoms with E-state index in [0.717, 1.165) is 19.4 Å². The summed E-state index contributed by atoms with van der Waals surface area (Å²) in [6, 6.07) is 10.6. The fourth-order valence-corrected chi connectivity index (χ4v) is 1.85. The van der Waals surface area contributed by atoms with Gasteiger partial charge in [0.05, 0.1) is 6.33 Å². The molecule has 3 heteroatoms. The summed E-state index contributed by atoms with van der Waals surface area (Å²) in [6.45, 7) is 2.98. The van der Waals surface area contributed by atoms with Crippen molar-refractivity contribution in [2.45, 2.75) is 32.4 Å². The van der Waals surface area contributed by atoms with Gasteiger partial charge in [-0.25, -0.2) is 4.98 Å². The van der Waals surface area contributed by atoms with Crippen LogP contribution >= 0.6 is 0 Å². The van der Waals surface area contributed by atoms with Crippen LogP contribution in [0.15, 0.2) is 42.9 Å². The van der Waals surface area contributed by atoms with Gasteiger partial charge in [0.25, 0.3) is 0 Å². The predicted octanol–water partition coefficient (Wildman–Crippen LogP) is 2.21. The third-order valence-corrected chi connectivity index (χ3v) is 2.99. The predicted molar refractivity (Wildman–Crippen MR) is 69.7 cm³/mol. The van der Waals surface area contributed by atoms with E-state index >= 15 is 0 Å². The Morgan fingerprint density at radius 2 is 2.06 bits per heavy atom. The first kappa shape index (κ1) is 11.9. The maximum atomic E-state index is 5.99. The van der Waals surface area contributed by atoms with Gasteiger partial charge in [0.15, 0.2) is 0 Å². The van der Waals surface area contributed by atoms with Crippen LogP contribution in [0.1, 0.15) is 24.6 Å². The monoisotopic (exact) mass is 229 g/mol. The van der Waals surface area contributed by atoms with Gasteiger partial charge in [-0.3, -0.25) is 0 Å². The normalized spacial score (nSPS) is 12.6. The molecule has 0 saturated carbocycles. The van der Waals surface area contributed by atoms with Crippen LogP contribution in [0, 0.1) is 0 Å². The van der Waals surface area contributed by atoms with Crippen molar-refractivity contribution < 1.29 is 0 Å². The van der Waals surface area contributed by atoms with E-state index in [1.165, 1.54) is 11.3 Å². The molecule has 90 valence electrons. The zero-order valence-electron chi connectivity index (χ0n) is 10.2. The zero-order chi connectivity index (χ0) is 12.1. The van der Waals surface area contributed by atoms with Crippen molar-refractivity contribution in [1.82, 2.24) is 9.55 Å². The Kier molecular flexibility index (Phi) is 3.94. The standard InChI is InChI=1S/C14H19N3/c1-2-13(15)8-14-9-16-11-17(14)10-12-6-4-3-5-7-12/h3-7,9,11,13H,2,8,10,15H2,1H3. The molecule has 2 aromatic rings. The molecule has 1 unspecified atom stereocenters. The van der Waals surface area contributed by atoms with E-state index in [1.54, 1.807) is 0 Å². The van der Waals surface area contributed by atoms with Crippen LogP contribution < -0.4 is 5.73 Å². The minimum absolute atomic E-state index is 0.223. The first-order chi connectivity index (χ1) is 8.29. The Morgan fingerprint density at radius 3 is 2.76 bits per heavy atom. The van der Waals surface area contributed by atoms with Crippen molar-refractivity contribution in [3.05, 3.63) is 54.1 Å². The summed E-state index contributed by atoms with van der Waals surface area (Å²) in [5, 5.41) is 0. The van der Waals surface area contributed by atoms with Crippen LogP contribution in [0.2, 0.25) is 0 Å². The summed E-state index contributed by atoms with van der Waals surface area (Å²) in [5.74, 6) is 0. The fraction of sp³-hybridized carbons (Fsp3) is 0.357. The van der Waals surface area contributed by atoms with Gasteiger partial charge < -0.3 is 10.3 Å². The van der Waals surface area contributed by atoms with Crippen LogP contribution in [0.3, 0.4) is 0 Å². The number of hydrogen-bond donors (Lipinski definition) is 1. The van der Waals surface area contributed by atoms with E-state index in [4.69, 9.17) is 5.73 Å². The maximum Gasteiger partial charge on any atom is 0.0951 e. The molecule has 1 aromatic carbocycles.